The van der Waals surface area contributed by atoms with Crippen molar-refractivity contribution in [3.8, 4) is 16.2 Å². The van der Waals surface area contributed by atoms with Gasteiger partial charge in [0.15, 0.2) is 17.4 Å². The maximum absolute atomic E-state index is 14.2. The molecule has 0 amide bonds. The van der Waals surface area contributed by atoms with Gasteiger partial charge in [-0.2, -0.15) is 4.39 Å². The number of thiophene rings is 1. The molecule has 1 aromatic heterocycles. The number of ketones is 1. The van der Waals surface area contributed by atoms with Crippen molar-refractivity contribution in [2.24, 2.45) is 0 Å². The van der Waals surface area contributed by atoms with Crippen LogP contribution in [0.1, 0.15) is 15.2 Å². The molecule has 3 rings (SSSR count). The number of rotatable bonds is 4. The Morgan fingerprint density at radius 2 is 1.65 bits per heavy atom. The zero-order chi connectivity index (χ0) is 19.0. The molecule has 0 atom stereocenters. The van der Waals surface area contributed by atoms with Gasteiger partial charge in [0, 0.05) is 16.5 Å². The third-order valence-electron chi connectivity index (χ3n) is 3.59. The van der Waals surface area contributed by atoms with E-state index in [1.54, 1.807) is 0 Å². The zero-order valence-corrected chi connectivity index (χ0v) is 13.9. The standard InChI is InChI=1S/C18H9F5O2S/c1-25-18-15(22)10(7-12(21)16(18)23)17(24)14-5-4-13(26-14)9-3-2-8(19)6-11(9)20/h2-7H,1H3. The number of carbonyl (C=O) groups excluding carboxylic acids is 1. The molecule has 0 spiro atoms. The summed E-state index contributed by atoms with van der Waals surface area (Å²) in [5.74, 6) is -7.82. The van der Waals surface area contributed by atoms with Crippen LogP contribution in [0.15, 0.2) is 36.4 Å². The lowest BCUT2D eigenvalue weighted by atomic mass is 10.1. The van der Waals surface area contributed by atoms with Crippen molar-refractivity contribution in [2.75, 3.05) is 7.11 Å². The van der Waals surface area contributed by atoms with Gasteiger partial charge in [-0.3, -0.25) is 4.79 Å². The van der Waals surface area contributed by atoms with Crippen LogP contribution in [0.5, 0.6) is 5.75 Å². The van der Waals surface area contributed by atoms with E-state index < -0.39 is 46.2 Å². The minimum atomic E-state index is -1.54. The van der Waals surface area contributed by atoms with Crippen molar-refractivity contribution in [3.63, 3.8) is 0 Å². The number of benzene rings is 2. The second-order valence-electron chi connectivity index (χ2n) is 5.18. The quantitative estimate of drug-likeness (QED) is 0.344. The maximum Gasteiger partial charge on any atom is 0.206 e. The summed E-state index contributed by atoms with van der Waals surface area (Å²) in [6.07, 6.45) is 0. The van der Waals surface area contributed by atoms with E-state index in [-0.39, 0.29) is 10.4 Å². The van der Waals surface area contributed by atoms with Gasteiger partial charge in [0.05, 0.1) is 17.6 Å². The Morgan fingerprint density at radius 1 is 0.923 bits per heavy atom. The summed E-state index contributed by atoms with van der Waals surface area (Å²) in [6.45, 7) is 0. The van der Waals surface area contributed by atoms with Crippen LogP contribution in [-0.2, 0) is 0 Å². The molecule has 8 heteroatoms. The molecule has 0 radical (unpaired) electrons. The first kappa shape index (κ1) is 18.1. The van der Waals surface area contributed by atoms with Crippen LogP contribution < -0.4 is 4.74 Å². The van der Waals surface area contributed by atoms with E-state index in [4.69, 9.17) is 0 Å². The van der Waals surface area contributed by atoms with Crippen molar-refractivity contribution < 1.29 is 31.5 Å². The molecule has 2 nitrogen and oxygen atoms in total. The Bertz CT molecular complexity index is 1010. The Balaban J connectivity index is 2.03. The van der Waals surface area contributed by atoms with Gasteiger partial charge in [-0.25, -0.2) is 17.6 Å². The highest BCUT2D eigenvalue weighted by Crippen LogP contribution is 2.34. The number of ether oxygens (including phenoxy) is 1. The van der Waals surface area contributed by atoms with Gasteiger partial charge in [-0.1, -0.05) is 0 Å². The van der Waals surface area contributed by atoms with E-state index in [9.17, 15) is 26.7 Å². The van der Waals surface area contributed by atoms with Crippen LogP contribution in [0.4, 0.5) is 22.0 Å². The lowest BCUT2D eigenvalue weighted by molar-refractivity contribution is 0.103. The molecular formula is C18H9F5O2S. The molecule has 0 aliphatic heterocycles. The predicted octanol–water partition coefficient (Wildman–Crippen LogP) is 5.35. The summed E-state index contributed by atoms with van der Waals surface area (Å²) in [4.78, 5) is 12.7. The minimum absolute atomic E-state index is 0.0318. The Labute approximate surface area is 148 Å². The molecule has 0 aliphatic carbocycles. The number of halogens is 5. The van der Waals surface area contributed by atoms with E-state index in [0.29, 0.717) is 17.0 Å². The summed E-state index contributed by atoms with van der Waals surface area (Å²) >= 11 is 0.805. The minimum Gasteiger partial charge on any atom is -0.491 e. The van der Waals surface area contributed by atoms with Crippen molar-refractivity contribution in [2.45, 2.75) is 0 Å². The summed E-state index contributed by atoms with van der Waals surface area (Å²) < 4.78 is 72.6. The van der Waals surface area contributed by atoms with E-state index >= 15 is 0 Å². The summed E-state index contributed by atoms with van der Waals surface area (Å²) in [5, 5.41) is 0. The largest absolute Gasteiger partial charge is 0.491 e. The molecule has 1 heterocycles. The molecule has 0 unspecified atom stereocenters. The van der Waals surface area contributed by atoms with Crippen molar-refractivity contribution in [3.05, 3.63) is 75.9 Å². The van der Waals surface area contributed by atoms with Crippen LogP contribution in [-0.4, -0.2) is 12.9 Å². The molecule has 134 valence electrons. The second kappa shape index (κ2) is 6.87. The molecule has 0 saturated carbocycles. The predicted molar refractivity (Wildman–Crippen MR) is 86.0 cm³/mol. The normalized spacial score (nSPS) is 10.8. The summed E-state index contributed by atoms with van der Waals surface area (Å²) in [5.41, 5.74) is -0.660. The number of methoxy groups -OCH3 is 1. The monoisotopic (exact) mass is 384 g/mol. The first-order valence-electron chi connectivity index (χ1n) is 7.15. The fourth-order valence-electron chi connectivity index (χ4n) is 2.35. The summed E-state index contributed by atoms with van der Waals surface area (Å²) in [7, 11) is 0.940. The molecule has 0 aliphatic rings. The molecular weight excluding hydrogens is 375 g/mol. The van der Waals surface area contributed by atoms with E-state index in [0.717, 1.165) is 24.5 Å². The van der Waals surface area contributed by atoms with Crippen LogP contribution in [0.25, 0.3) is 10.4 Å². The SMILES string of the molecule is COc1c(F)c(F)cc(C(=O)c2ccc(-c3ccc(F)cc3F)s2)c1F. The average Bonchev–Trinajstić information content (AvgIpc) is 3.08. The van der Waals surface area contributed by atoms with Crippen LogP contribution in [0.3, 0.4) is 0 Å². The molecule has 26 heavy (non-hydrogen) atoms. The third-order valence-corrected chi connectivity index (χ3v) is 4.71. The van der Waals surface area contributed by atoms with Gasteiger partial charge in [0.2, 0.25) is 11.6 Å². The van der Waals surface area contributed by atoms with Crippen molar-refractivity contribution in [1.82, 2.24) is 0 Å². The molecule has 3 aromatic rings. The smallest absolute Gasteiger partial charge is 0.206 e. The zero-order valence-electron chi connectivity index (χ0n) is 13.1. The topological polar surface area (TPSA) is 26.3 Å². The van der Waals surface area contributed by atoms with Gasteiger partial charge in [-0.05, 0) is 30.3 Å². The molecule has 2 aromatic carbocycles. The van der Waals surface area contributed by atoms with Gasteiger partial charge in [-0.15, -0.1) is 11.3 Å². The fourth-order valence-corrected chi connectivity index (χ4v) is 3.34. The first-order chi connectivity index (χ1) is 12.3. The highest BCUT2D eigenvalue weighted by Gasteiger charge is 2.25. The third kappa shape index (κ3) is 3.08. The van der Waals surface area contributed by atoms with E-state index in [1.165, 1.54) is 18.2 Å². The lowest BCUT2D eigenvalue weighted by Crippen LogP contribution is -2.07. The summed E-state index contributed by atoms with van der Waals surface area (Å²) in [6, 6.07) is 6.07. The highest BCUT2D eigenvalue weighted by molar-refractivity contribution is 7.17. The van der Waals surface area contributed by atoms with Crippen LogP contribution in [0, 0.1) is 29.1 Å². The van der Waals surface area contributed by atoms with Crippen LogP contribution in [0.2, 0.25) is 0 Å². The lowest BCUT2D eigenvalue weighted by Gasteiger charge is -2.08. The van der Waals surface area contributed by atoms with Crippen molar-refractivity contribution >= 4 is 17.1 Å². The van der Waals surface area contributed by atoms with E-state index in [1.807, 2.05) is 0 Å². The Kier molecular flexibility index (Phi) is 4.78. The molecule has 0 saturated heterocycles. The van der Waals surface area contributed by atoms with Crippen LogP contribution >= 0.6 is 11.3 Å². The Hall–Kier alpha value is -2.74. The second-order valence-corrected chi connectivity index (χ2v) is 6.27. The number of hydrogen-bond acceptors (Lipinski definition) is 3. The van der Waals surface area contributed by atoms with Gasteiger partial charge < -0.3 is 4.74 Å². The average molecular weight is 384 g/mol. The van der Waals surface area contributed by atoms with E-state index in [2.05, 4.69) is 4.74 Å². The Morgan fingerprint density at radius 3 is 2.31 bits per heavy atom. The van der Waals surface area contributed by atoms with Gasteiger partial charge in [0.25, 0.3) is 0 Å². The molecule has 0 fully saturated rings. The fraction of sp³-hybridized carbons (Fsp3) is 0.0556. The number of carbonyl (C=O) groups is 1. The maximum atomic E-state index is 14.2. The number of hydrogen-bond donors (Lipinski definition) is 0. The molecule has 0 bridgehead atoms. The van der Waals surface area contributed by atoms with Crippen molar-refractivity contribution in [1.29, 1.82) is 0 Å². The van der Waals surface area contributed by atoms with Gasteiger partial charge >= 0.3 is 0 Å². The van der Waals surface area contributed by atoms with Gasteiger partial charge in [0.1, 0.15) is 11.6 Å². The highest BCUT2D eigenvalue weighted by atomic mass is 32.1. The molecule has 0 N–H and O–H groups in total. The first-order valence-corrected chi connectivity index (χ1v) is 7.96.